The number of para-hydroxylation sites is 1. The fourth-order valence-electron chi connectivity index (χ4n) is 1.81. The lowest BCUT2D eigenvalue weighted by molar-refractivity contribution is -0.384. The second-order valence-electron chi connectivity index (χ2n) is 4.87. The molecule has 1 unspecified atom stereocenters. The Morgan fingerprint density at radius 2 is 2.11 bits per heavy atom. The van der Waals surface area contributed by atoms with Crippen LogP contribution in [0.5, 0.6) is 0 Å². The highest BCUT2D eigenvalue weighted by atomic mass is 16.6. The van der Waals surface area contributed by atoms with Crippen molar-refractivity contribution in [2.24, 2.45) is 0 Å². The van der Waals surface area contributed by atoms with Crippen LogP contribution >= 0.6 is 0 Å². The Hall–Kier alpha value is -1.62. The molecule has 0 fully saturated rings. The van der Waals surface area contributed by atoms with Gasteiger partial charge in [-0.3, -0.25) is 10.1 Å². The third-order valence-corrected chi connectivity index (χ3v) is 2.83. The fraction of sp³-hybridized carbons (Fsp3) is 0.538. The van der Waals surface area contributed by atoms with E-state index in [1.165, 1.54) is 0 Å². The van der Waals surface area contributed by atoms with Crippen molar-refractivity contribution in [3.8, 4) is 0 Å². The summed E-state index contributed by atoms with van der Waals surface area (Å²) in [7, 11) is 4.03. The number of hydrogen-bond donors (Lipinski definition) is 1. The largest absolute Gasteiger partial charge is 0.377 e. The van der Waals surface area contributed by atoms with Crippen LogP contribution < -0.4 is 5.32 Å². The summed E-state index contributed by atoms with van der Waals surface area (Å²) in [5.41, 5.74) is 1.46. The van der Waals surface area contributed by atoms with E-state index in [2.05, 4.69) is 10.2 Å². The molecule has 1 rings (SSSR count). The van der Waals surface area contributed by atoms with Gasteiger partial charge in [-0.25, -0.2) is 0 Å². The van der Waals surface area contributed by atoms with Crippen LogP contribution in [0.15, 0.2) is 18.2 Å². The van der Waals surface area contributed by atoms with Gasteiger partial charge in [0.2, 0.25) is 0 Å². The number of nitrogens with one attached hydrogen (secondary N) is 1. The SMILES string of the molecule is Cc1cccc(NC(C)CCN(C)C)c1[N+](=O)[O-]. The molecule has 0 radical (unpaired) electrons. The van der Waals surface area contributed by atoms with Gasteiger partial charge < -0.3 is 10.2 Å². The maximum absolute atomic E-state index is 11.0. The Labute approximate surface area is 108 Å². The minimum Gasteiger partial charge on any atom is -0.377 e. The number of nitro groups is 1. The molecule has 0 amide bonds. The minimum absolute atomic E-state index is 0.175. The zero-order chi connectivity index (χ0) is 13.7. The quantitative estimate of drug-likeness (QED) is 0.623. The molecule has 1 aromatic rings. The maximum Gasteiger partial charge on any atom is 0.295 e. The molecule has 1 N–H and O–H groups in total. The molecule has 0 bridgehead atoms. The van der Waals surface area contributed by atoms with Gasteiger partial charge in [0.05, 0.1) is 4.92 Å². The van der Waals surface area contributed by atoms with Crippen molar-refractivity contribution >= 4 is 11.4 Å². The topological polar surface area (TPSA) is 58.4 Å². The second-order valence-corrected chi connectivity index (χ2v) is 4.87. The van der Waals surface area contributed by atoms with Gasteiger partial charge in [0.1, 0.15) is 5.69 Å². The zero-order valence-electron chi connectivity index (χ0n) is 11.4. The van der Waals surface area contributed by atoms with E-state index in [0.29, 0.717) is 11.3 Å². The Bertz CT molecular complexity index is 419. The maximum atomic E-state index is 11.0. The van der Waals surface area contributed by atoms with Crippen molar-refractivity contribution in [3.63, 3.8) is 0 Å². The van der Waals surface area contributed by atoms with Crippen molar-refractivity contribution < 1.29 is 4.92 Å². The highest BCUT2D eigenvalue weighted by molar-refractivity contribution is 5.65. The first-order valence-electron chi connectivity index (χ1n) is 6.07. The molecule has 1 aromatic carbocycles. The molecule has 0 aliphatic heterocycles. The van der Waals surface area contributed by atoms with E-state index >= 15 is 0 Å². The summed E-state index contributed by atoms with van der Waals surface area (Å²) in [5, 5.41) is 14.3. The van der Waals surface area contributed by atoms with Gasteiger partial charge in [-0.05, 0) is 47.0 Å². The van der Waals surface area contributed by atoms with E-state index in [-0.39, 0.29) is 16.7 Å². The van der Waals surface area contributed by atoms with E-state index in [1.807, 2.05) is 27.1 Å². The summed E-state index contributed by atoms with van der Waals surface area (Å²) in [4.78, 5) is 12.8. The predicted octanol–water partition coefficient (Wildman–Crippen LogP) is 2.66. The number of aryl methyl sites for hydroxylation is 1. The molecule has 0 spiro atoms. The van der Waals surface area contributed by atoms with Crippen LogP contribution in [0.1, 0.15) is 18.9 Å². The highest BCUT2D eigenvalue weighted by Crippen LogP contribution is 2.28. The molecule has 0 aromatic heterocycles. The normalized spacial score (nSPS) is 12.5. The lowest BCUT2D eigenvalue weighted by Crippen LogP contribution is -2.23. The van der Waals surface area contributed by atoms with Gasteiger partial charge in [0.15, 0.2) is 0 Å². The second kappa shape index (κ2) is 6.35. The zero-order valence-corrected chi connectivity index (χ0v) is 11.4. The summed E-state index contributed by atoms with van der Waals surface area (Å²) in [6.45, 7) is 4.75. The molecule has 0 saturated carbocycles. The van der Waals surface area contributed by atoms with Crippen LogP contribution in [0.4, 0.5) is 11.4 Å². The van der Waals surface area contributed by atoms with Crippen LogP contribution in [0.3, 0.4) is 0 Å². The molecule has 18 heavy (non-hydrogen) atoms. The summed E-state index contributed by atoms with van der Waals surface area (Å²) >= 11 is 0. The smallest absolute Gasteiger partial charge is 0.295 e. The van der Waals surface area contributed by atoms with Gasteiger partial charge in [0.25, 0.3) is 5.69 Å². The van der Waals surface area contributed by atoms with Crippen LogP contribution in [0.2, 0.25) is 0 Å². The third-order valence-electron chi connectivity index (χ3n) is 2.83. The Kier molecular flexibility index (Phi) is 5.09. The van der Waals surface area contributed by atoms with Crippen molar-refractivity contribution in [3.05, 3.63) is 33.9 Å². The van der Waals surface area contributed by atoms with Crippen molar-refractivity contribution in [2.75, 3.05) is 26.0 Å². The Balaban J connectivity index is 2.78. The predicted molar refractivity (Wildman–Crippen MR) is 74.1 cm³/mol. The molecular weight excluding hydrogens is 230 g/mol. The van der Waals surface area contributed by atoms with Gasteiger partial charge in [0, 0.05) is 11.6 Å². The van der Waals surface area contributed by atoms with E-state index in [1.54, 1.807) is 19.1 Å². The third kappa shape index (κ3) is 4.00. The molecule has 1 atom stereocenters. The molecule has 5 nitrogen and oxygen atoms in total. The molecule has 0 aliphatic rings. The summed E-state index contributed by atoms with van der Waals surface area (Å²) in [5.74, 6) is 0. The van der Waals surface area contributed by atoms with Gasteiger partial charge in [-0.15, -0.1) is 0 Å². The van der Waals surface area contributed by atoms with Gasteiger partial charge >= 0.3 is 0 Å². The summed E-state index contributed by atoms with van der Waals surface area (Å²) in [6.07, 6.45) is 0.943. The monoisotopic (exact) mass is 251 g/mol. The first-order valence-corrected chi connectivity index (χ1v) is 6.07. The van der Waals surface area contributed by atoms with Crippen LogP contribution in [0.25, 0.3) is 0 Å². The van der Waals surface area contributed by atoms with Crippen LogP contribution in [0, 0.1) is 17.0 Å². The number of benzene rings is 1. The average molecular weight is 251 g/mol. The van der Waals surface area contributed by atoms with Crippen LogP contribution in [-0.4, -0.2) is 36.5 Å². The van der Waals surface area contributed by atoms with E-state index < -0.39 is 0 Å². The molecule has 0 aliphatic carbocycles. The Morgan fingerprint density at radius 1 is 1.44 bits per heavy atom. The van der Waals surface area contributed by atoms with E-state index in [0.717, 1.165) is 13.0 Å². The average Bonchev–Trinajstić information content (AvgIpc) is 2.26. The van der Waals surface area contributed by atoms with E-state index in [9.17, 15) is 10.1 Å². The highest BCUT2D eigenvalue weighted by Gasteiger charge is 2.17. The number of anilines is 1. The lowest BCUT2D eigenvalue weighted by Gasteiger charge is -2.18. The number of nitrogens with zero attached hydrogens (tertiary/aromatic N) is 2. The number of hydrogen-bond acceptors (Lipinski definition) is 4. The minimum atomic E-state index is -0.323. The fourth-order valence-corrected chi connectivity index (χ4v) is 1.81. The molecule has 5 heteroatoms. The summed E-state index contributed by atoms with van der Waals surface area (Å²) in [6, 6.07) is 5.56. The first-order chi connectivity index (χ1) is 8.41. The Morgan fingerprint density at radius 3 is 2.67 bits per heavy atom. The molecule has 0 saturated heterocycles. The lowest BCUT2D eigenvalue weighted by atomic mass is 10.1. The van der Waals surface area contributed by atoms with Crippen molar-refractivity contribution in [1.29, 1.82) is 0 Å². The standard InChI is InChI=1S/C13H21N3O2/c1-10-6-5-7-12(13(10)16(17)18)14-11(2)8-9-15(3)4/h5-7,11,14H,8-9H2,1-4H3. The van der Waals surface area contributed by atoms with Crippen molar-refractivity contribution in [1.82, 2.24) is 4.90 Å². The first kappa shape index (κ1) is 14.4. The van der Waals surface area contributed by atoms with Crippen molar-refractivity contribution in [2.45, 2.75) is 26.3 Å². The van der Waals surface area contributed by atoms with Crippen LogP contribution in [-0.2, 0) is 0 Å². The summed E-state index contributed by atoms with van der Waals surface area (Å²) < 4.78 is 0. The number of rotatable bonds is 6. The molecule has 0 heterocycles. The van der Waals surface area contributed by atoms with E-state index in [4.69, 9.17) is 0 Å². The number of nitro benzene ring substituents is 1. The van der Waals surface area contributed by atoms with Gasteiger partial charge in [-0.2, -0.15) is 0 Å². The molecule has 100 valence electrons. The molecular formula is C13H21N3O2. The van der Waals surface area contributed by atoms with Gasteiger partial charge in [-0.1, -0.05) is 12.1 Å².